The van der Waals surface area contributed by atoms with Gasteiger partial charge in [0.05, 0.1) is 0 Å². The third-order valence-electron chi connectivity index (χ3n) is 3.24. The number of ether oxygens (including phenoxy) is 1. The van der Waals surface area contributed by atoms with Crippen LogP contribution in [-0.4, -0.2) is 31.1 Å². The summed E-state index contributed by atoms with van der Waals surface area (Å²) in [5.74, 6) is 0.124. The molecule has 6 heteroatoms. The van der Waals surface area contributed by atoms with Gasteiger partial charge in [0.15, 0.2) is 6.10 Å². The van der Waals surface area contributed by atoms with E-state index >= 15 is 0 Å². The van der Waals surface area contributed by atoms with Crippen LogP contribution in [0.25, 0.3) is 0 Å². The van der Waals surface area contributed by atoms with Crippen LogP contribution in [0.4, 0.5) is 4.79 Å². The van der Waals surface area contributed by atoms with Crippen molar-refractivity contribution in [2.24, 2.45) is 0 Å². The summed E-state index contributed by atoms with van der Waals surface area (Å²) in [4.78, 5) is 22.7. The van der Waals surface area contributed by atoms with Crippen LogP contribution in [-0.2, 0) is 11.3 Å². The van der Waals surface area contributed by atoms with Crippen molar-refractivity contribution < 1.29 is 14.3 Å². The molecule has 0 aromatic heterocycles. The number of carbonyl (C=O) groups is 2. The molecule has 0 bridgehead atoms. The van der Waals surface area contributed by atoms with E-state index < -0.39 is 18.0 Å². The third kappa shape index (κ3) is 5.07. The number of hydrogen-bond donors (Lipinski definition) is 3. The first kappa shape index (κ1) is 15.3. The number of carbonyl (C=O) groups excluding carboxylic acids is 2. The molecule has 0 radical (unpaired) electrons. The Hall–Kier alpha value is -2.08. The summed E-state index contributed by atoms with van der Waals surface area (Å²) in [6, 6.07) is 7.72. The normalized spacial score (nSPS) is 15.1. The molecule has 1 saturated carbocycles. The Bertz CT molecular complexity index is 497. The summed E-state index contributed by atoms with van der Waals surface area (Å²) >= 11 is 0. The Balaban J connectivity index is 1.80. The predicted octanol–water partition coefficient (Wildman–Crippen LogP) is 1.16. The van der Waals surface area contributed by atoms with E-state index in [0.29, 0.717) is 11.8 Å². The van der Waals surface area contributed by atoms with Gasteiger partial charge in [-0.25, -0.2) is 4.79 Å². The number of nitrogens with one attached hydrogen (secondary N) is 3. The Morgan fingerprint density at radius 2 is 1.95 bits per heavy atom. The van der Waals surface area contributed by atoms with E-state index in [-0.39, 0.29) is 0 Å². The first-order valence-electron chi connectivity index (χ1n) is 7.10. The molecule has 6 nitrogen and oxygen atoms in total. The Labute approximate surface area is 124 Å². The van der Waals surface area contributed by atoms with Crippen LogP contribution in [0.15, 0.2) is 24.3 Å². The van der Waals surface area contributed by atoms with Crippen molar-refractivity contribution >= 4 is 11.9 Å². The zero-order valence-electron chi connectivity index (χ0n) is 12.3. The highest BCUT2D eigenvalue weighted by atomic mass is 16.5. The number of urea groups is 1. The molecule has 1 fully saturated rings. The summed E-state index contributed by atoms with van der Waals surface area (Å²) in [7, 11) is 1.45. The maximum absolute atomic E-state index is 11.7. The van der Waals surface area contributed by atoms with Crippen LogP contribution in [0, 0.1) is 0 Å². The summed E-state index contributed by atoms with van der Waals surface area (Å²) in [5, 5.41) is 7.92. The maximum atomic E-state index is 11.7. The van der Waals surface area contributed by atoms with Crippen molar-refractivity contribution in [3.05, 3.63) is 29.8 Å². The van der Waals surface area contributed by atoms with Gasteiger partial charge in [-0.15, -0.1) is 0 Å². The van der Waals surface area contributed by atoms with Crippen LogP contribution < -0.4 is 20.7 Å². The fourth-order valence-electron chi connectivity index (χ4n) is 1.77. The topological polar surface area (TPSA) is 79.5 Å². The molecule has 0 saturated heterocycles. The minimum absolute atomic E-state index is 0.478. The van der Waals surface area contributed by atoms with Crippen molar-refractivity contribution in [3.8, 4) is 5.75 Å². The van der Waals surface area contributed by atoms with Crippen molar-refractivity contribution in [2.45, 2.75) is 38.5 Å². The van der Waals surface area contributed by atoms with Gasteiger partial charge in [0, 0.05) is 19.6 Å². The predicted molar refractivity (Wildman–Crippen MR) is 79.0 cm³/mol. The molecule has 1 atom stereocenters. The molecule has 1 aliphatic carbocycles. The van der Waals surface area contributed by atoms with Crippen LogP contribution >= 0.6 is 0 Å². The van der Waals surface area contributed by atoms with E-state index in [1.54, 1.807) is 6.92 Å². The molecular weight excluding hydrogens is 270 g/mol. The standard InChI is InChI=1S/C15H21N3O3/c1-10(14(19)18-15(20)16-2)21-13-7-3-11(4-8-13)9-17-12-5-6-12/h3-4,7-8,10,12,17H,5-6,9H2,1-2H3,(H2,16,18,19,20). The highest BCUT2D eigenvalue weighted by Crippen LogP contribution is 2.20. The van der Waals surface area contributed by atoms with E-state index in [1.165, 1.54) is 25.5 Å². The van der Waals surface area contributed by atoms with Crippen LogP contribution in [0.5, 0.6) is 5.75 Å². The van der Waals surface area contributed by atoms with Crippen molar-refractivity contribution in [3.63, 3.8) is 0 Å². The maximum Gasteiger partial charge on any atom is 0.321 e. The van der Waals surface area contributed by atoms with Crippen molar-refractivity contribution in [1.29, 1.82) is 0 Å². The largest absolute Gasteiger partial charge is 0.481 e. The second kappa shape index (κ2) is 7.08. The molecule has 21 heavy (non-hydrogen) atoms. The third-order valence-corrected chi connectivity index (χ3v) is 3.24. The summed E-state index contributed by atoms with van der Waals surface area (Å²) in [5.41, 5.74) is 1.18. The number of imide groups is 1. The first-order chi connectivity index (χ1) is 10.1. The van der Waals surface area contributed by atoms with Gasteiger partial charge in [0.1, 0.15) is 5.75 Å². The summed E-state index contributed by atoms with van der Waals surface area (Å²) in [6.07, 6.45) is 1.79. The fraction of sp³-hybridized carbons (Fsp3) is 0.467. The smallest absolute Gasteiger partial charge is 0.321 e. The first-order valence-corrected chi connectivity index (χ1v) is 7.10. The molecule has 2 rings (SSSR count). The lowest BCUT2D eigenvalue weighted by Gasteiger charge is -2.14. The Kier molecular flexibility index (Phi) is 5.16. The van der Waals surface area contributed by atoms with E-state index in [2.05, 4.69) is 16.0 Å². The molecule has 1 aliphatic rings. The van der Waals surface area contributed by atoms with Gasteiger partial charge in [-0.2, -0.15) is 0 Å². The average Bonchev–Trinajstić information content (AvgIpc) is 3.30. The highest BCUT2D eigenvalue weighted by molar-refractivity contribution is 5.96. The molecular formula is C15H21N3O3. The molecule has 1 unspecified atom stereocenters. The van der Waals surface area contributed by atoms with Gasteiger partial charge in [-0.1, -0.05) is 12.1 Å². The molecule has 0 aliphatic heterocycles. The number of hydrogen-bond acceptors (Lipinski definition) is 4. The van der Waals surface area contributed by atoms with Gasteiger partial charge in [-0.3, -0.25) is 10.1 Å². The monoisotopic (exact) mass is 291 g/mol. The Morgan fingerprint density at radius 3 is 2.52 bits per heavy atom. The van der Waals surface area contributed by atoms with E-state index in [9.17, 15) is 9.59 Å². The zero-order chi connectivity index (χ0) is 15.2. The molecule has 3 N–H and O–H groups in total. The lowest BCUT2D eigenvalue weighted by Crippen LogP contribution is -2.43. The molecule has 1 aromatic rings. The minimum Gasteiger partial charge on any atom is -0.481 e. The fourth-order valence-corrected chi connectivity index (χ4v) is 1.77. The summed E-state index contributed by atoms with van der Waals surface area (Å²) in [6.45, 7) is 2.44. The van der Waals surface area contributed by atoms with Gasteiger partial charge in [0.2, 0.25) is 0 Å². The quantitative estimate of drug-likeness (QED) is 0.735. The van der Waals surface area contributed by atoms with Gasteiger partial charge in [0.25, 0.3) is 5.91 Å². The van der Waals surface area contributed by atoms with Gasteiger partial charge < -0.3 is 15.4 Å². The molecule has 0 heterocycles. The molecule has 1 aromatic carbocycles. The molecule has 0 spiro atoms. The van der Waals surface area contributed by atoms with E-state index in [1.807, 2.05) is 24.3 Å². The van der Waals surface area contributed by atoms with Crippen LogP contribution in [0.2, 0.25) is 0 Å². The molecule has 3 amide bonds. The number of benzene rings is 1. The van der Waals surface area contributed by atoms with Crippen LogP contribution in [0.1, 0.15) is 25.3 Å². The van der Waals surface area contributed by atoms with Crippen LogP contribution in [0.3, 0.4) is 0 Å². The second-order valence-corrected chi connectivity index (χ2v) is 5.13. The minimum atomic E-state index is -0.738. The zero-order valence-corrected chi connectivity index (χ0v) is 12.3. The average molecular weight is 291 g/mol. The Morgan fingerprint density at radius 1 is 1.29 bits per heavy atom. The number of amides is 3. The van der Waals surface area contributed by atoms with Crippen molar-refractivity contribution in [2.75, 3.05) is 7.05 Å². The summed E-state index contributed by atoms with van der Waals surface area (Å²) < 4.78 is 5.50. The van der Waals surface area contributed by atoms with Crippen molar-refractivity contribution in [1.82, 2.24) is 16.0 Å². The van der Waals surface area contributed by atoms with Gasteiger partial charge >= 0.3 is 6.03 Å². The van der Waals surface area contributed by atoms with E-state index in [0.717, 1.165) is 6.54 Å². The lowest BCUT2D eigenvalue weighted by molar-refractivity contribution is -0.126. The SMILES string of the molecule is CNC(=O)NC(=O)C(C)Oc1ccc(CNC2CC2)cc1. The number of rotatable bonds is 6. The highest BCUT2D eigenvalue weighted by Gasteiger charge is 2.20. The van der Waals surface area contributed by atoms with E-state index in [4.69, 9.17) is 4.74 Å². The van der Waals surface area contributed by atoms with Gasteiger partial charge in [-0.05, 0) is 37.5 Å². The lowest BCUT2D eigenvalue weighted by atomic mass is 10.2. The second-order valence-electron chi connectivity index (χ2n) is 5.13. The molecule has 114 valence electrons.